The fourth-order valence-corrected chi connectivity index (χ4v) is 3.74. The van der Waals surface area contributed by atoms with E-state index in [-0.39, 0.29) is 17.4 Å². The molecule has 3 aromatic carbocycles. The van der Waals surface area contributed by atoms with Crippen molar-refractivity contribution in [2.24, 2.45) is 0 Å². The molecule has 27 heavy (non-hydrogen) atoms. The van der Waals surface area contributed by atoms with Crippen molar-refractivity contribution in [3.05, 3.63) is 96.1 Å². The van der Waals surface area contributed by atoms with Crippen LogP contribution >= 0.6 is 11.8 Å². The van der Waals surface area contributed by atoms with Crippen molar-refractivity contribution in [3.8, 4) is 0 Å². The maximum Gasteiger partial charge on any atom is 0.264 e. The highest BCUT2D eigenvalue weighted by atomic mass is 32.2. The Morgan fingerprint density at radius 3 is 2.07 bits per heavy atom. The minimum atomic E-state index is -0.154. The molecule has 0 fully saturated rings. The number of carbonyl (C=O) groups is 2. The lowest BCUT2D eigenvalue weighted by Gasteiger charge is -2.07. The number of ketones is 1. The second-order valence-electron chi connectivity index (χ2n) is 5.97. The van der Waals surface area contributed by atoms with E-state index in [1.807, 2.05) is 60.7 Å². The van der Waals surface area contributed by atoms with Crippen LogP contribution in [0.5, 0.6) is 0 Å². The van der Waals surface area contributed by atoms with Gasteiger partial charge in [-0.2, -0.15) is 0 Å². The maximum absolute atomic E-state index is 13.1. The normalized spacial score (nSPS) is 10.8. The van der Waals surface area contributed by atoms with Gasteiger partial charge in [-0.25, -0.2) is 4.98 Å². The molecule has 0 radical (unpaired) electrons. The van der Waals surface area contributed by atoms with Crippen molar-refractivity contribution < 1.29 is 9.59 Å². The number of hydrogen-bond acceptors (Lipinski definition) is 4. The van der Waals surface area contributed by atoms with E-state index >= 15 is 0 Å². The molecular formula is C22H16N2O2S. The second kappa shape index (κ2) is 7.60. The van der Waals surface area contributed by atoms with Gasteiger partial charge in [0, 0.05) is 11.1 Å². The van der Waals surface area contributed by atoms with Gasteiger partial charge in [-0.05, 0) is 24.3 Å². The molecule has 4 aromatic rings. The van der Waals surface area contributed by atoms with Crippen molar-refractivity contribution in [3.63, 3.8) is 0 Å². The first-order chi connectivity index (χ1) is 13.2. The van der Waals surface area contributed by atoms with Crippen molar-refractivity contribution >= 4 is 34.5 Å². The topological polar surface area (TPSA) is 52.0 Å². The molecule has 132 valence electrons. The quantitative estimate of drug-likeness (QED) is 0.376. The Balaban J connectivity index is 1.68. The van der Waals surface area contributed by atoms with Crippen LogP contribution in [0, 0.1) is 0 Å². The number of rotatable bonds is 5. The number of hydrogen-bond donors (Lipinski definition) is 0. The number of carbonyl (C=O) groups excluding carboxylic acids is 2. The summed E-state index contributed by atoms with van der Waals surface area (Å²) < 4.78 is 1.59. The lowest BCUT2D eigenvalue weighted by Crippen LogP contribution is -2.14. The lowest BCUT2D eigenvalue weighted by molar-refractivity contribution is 0.0953. The molecule has 0 spiro atoms. The highest BCUT2D eigenvalue weighted by Crippen LogP contribution is 2.26. The Labute approximate surface area is 160 Å². The molecule has 4 rings (SSSR count). The predicted octanol–water partition coefficient (Wildman–Crippen LogP) is 4.70. The van der Waals surface area contributed by atoms with E-state index in [1.54, 1.807) is 28.8 Å². The van der Waals surface area contributed by atoms with E-state index in [4.69, 9.17) is 0 Å². The molecular weight excluding hydrogens is 356 g/mol. The Kier molecular flexibility index (Phi) is 4.85. The number of fused-ring (bicyclic) bond motifs is 1. The van der Waals surface area contributed by atoms with E-state index in [9.17, 15) is 9.59 Å². The third kappa shape index (κ3) is 3.55. The molecule has 1 aromatic heterocycles. The van der Waals surface area contributed by atoms with Gasteiger partial charge in [-0.3, -0.25) is 14.2 Å². The number of aromatic nitrogens is 2. The summed E-state index contributed by atoms with van der Waals surface area (Å²) in [5, 5.41) is 0.523. The number of nitrogens with zero attached hydrogens (tertiary/aromatic N) is 2. The predicted molar refractivity (Wildman–Crippen MR) is 107 cm³/mol. The SMILES string of the molecule is O=C(CSc1nc2ccccc2n1C(=O)c1ccccc1)c1ccccc1. The Morgan fingerprint density at radius 1 is 0.778 bits per heavy atom. The standard InChI is InChI=1S/C22H16N2O2S/c25-20(16-9-3-1-4-10-16)15-27-22-23-18-13-7-8-14-19(18)24(22)21(26)17-11-5-2-6-12-17/h1-14H,15H2. The molecule has 0 aliphatic rings. The molecule has 0 N–H and O–H groups in total. The van der Waals surface area contributed by atoms with Gasteiger partial charge >= 0.3 is 0 Å². The lowest BCUT2D eigenvalue weighted by atomic mass is 10.2. The zero-order chi connectivity index (χ0) is 18.6. The minimum absolute atomic E-state index is 0.00589. The van der Waals surface area contributed by atoms with E-state index in [2.05, 4.69) is 4.98 Å². The summed E-state index contributed by atoms with van der Waals surface area (Å²) in [5.41, 5.74) is 2.70. The highest BCUT2D eigenvalue weighted by molar-refractivity contribution is 7.99. The first kappa shape index (κ1) is 17.2. The van der Waals surface area contributed by atoms with Crippen LogP contribution in [-0.4, -0.2) is 27.0 Å². The monoisotopic (exact) mass is 372 g/mol. The van der Waals surface area contributed by atoms with Gasteiger partial charge in [-0.1, -0.05) is 72.4 Å². The molecule has 1 heterocycles. The summed E-state index contributed by atoms with van der Waals surface area (Å²) in [5.74, 6) is 0.0698. The summed E-state index contributed by atoms with van der Waals surface area (Å²) in [6, 6.07) is 25.7. The summed E-state index contributed by atoms with van der Waals surface area (Å²) >= 11 is 1.28. The summed E-state index contributed by atoms with van der Waals surface area (Å²) in [4.78, 5) is 30.1. The summed E-state index contributed by atoms with van der Waals surface area (Å²) in [6.45, 7) is 0. The second-order valence-corrected chi connectivity index (χ2v) is 6.91. The number of thioether (sulfide) groups is 1. The summed E-state index contributed by atoms with van der Waals surface area (Å²) in [7, 11) is 0. The third-order valence-electron chi connectivity index (χ3n) is 4.18. The molecule has 0 atom stereocenters. The molecule has 0 unspecified atom stereocenters. The van der Waals surface area contributed by atoms with E-state index in [1.165, 1.54) is 11.8 Å². The van der Waals surface area contributed by atoms with Crippen LogP contribution in [0.15, 0.2) is 90.1 Å². The van der Waals surface area contributed by atoms with Crippen LogP contribution in [0.2, 0.25) is 0 Å². The van der Waals surface area contributed by atoms with Gasteiger partial charge in [0.15, 0.2) is 10.9 Å². The largest absolute Gasteiger partial charge is 0.293 e. The molecule has 0 bridgehead atoms. The molecule has 0 amide bonds. The smallest absolute Gasteiger partial charge is 0.264 e. The number of para-hydroxylation sites is 2. The minimum Gasteiger partial charge on any atom is -0.293 e. The number of imidazole rings is 1. The molecule has 0 aliphatic carbocycles. The zero-order valence-electron chi connectivity index (χ0n) is 14.4. The summed E-state index contributed by atoms with van der Waals surface area (Å²) in [6.07, 6.45) is 0. The van der Waals surface area contributed by atoms with Crippen LogP contribution in [-0.2, 0) is 0 Å². The van der Waals surface area contributed by atoms with Gasteiger partial charge in [0.05, 0.1) is 16.8 Å². The van der Waals surface area contributed by atoms with Gasteiger partial charge in [0.2, 0.25) is 0 Å². The fourth-order valence-electron chi connectivity index (χ4n) is 2.84. The first-order valence-electron chi connectivity index (χ1n) is 8.52. The van der Waals surface area contributed by atoms with Crippen LogP contribution in [0.1, 0.15) is 20.7 Å². The highest BCUT2D eigenvalue weighted by Gasteiger charge is 2.19. The van der Waals surface area contributed by atoms with Crippen molar-refractivity contribution in [2.45, 2.75) is 5.16 Å². The number of benzene rings is 3. The van der Waals surface area contributed by atoms with E-state index < -0.39 is 0 Å². The van der Waals surface area contributed by atoms with E-state index in [0.29, 0.717) is 16.3 Å². The molecule has 0 aliphatic heterocycles. The molecule has 5 heteroatoms. The molecule has 0 saturated carbocycles. The molecule has 4 nitrogen and oxygen atoms in total. The van der Waals surface area contributed by atoms with Gasteiger partial charge in [0.25, 0.3) is 5.91 Å². The Morgan fingerprint density at radius 2 is 1.37 bits per heavy atom. The maximum atomic E-state index is 13.1. The van der Waals surface area contributed by atoms with Crippen LogP contribution in [0.25, 0.3) is 11.0 Å². The molecule has 0 saturated heterocycles. The van der Waals surface area contributed by atoms with Crippen molar-refractivity contribution in [1.29, 1.82) is 0 Å². The Bertz CT molecular complexity index is 1110. The number of Topliss-reactive ketones (excluding diaryl/α,β-unsaturated/α-hetero) is 1. The van der Waals surface area contributed by atoms with Crippen LogP contribution in [0.3, 0.4) is 0 Å². The van der Waals surface area contributed by atoms with Gasteiger partial charge < -0.3 is 0 Å². The third-order valence-corrected chi connectivity index (χ3v) is 5.12. The zero-order valence-corrected chi connectivity index (χ0v) is 15.2. The van der Waals surface area contributed by atoms with Crippen LogP contribution in [0.4, 0.5) is 0 Å². The van der Waals surface area contributed by atoms with Crippen molar-refractivity contribution in [1.82, 2.24) is 9.55 Å². The van der Waals surface area contributed by atoms with Crippen molar-refractivity contribution in [2.75, 3.05) is 5.75 Å². The van der Waals surface area contributed by atoms with Gasteiger partial charge in [-0.15, -0.1) is 0 Å². The average molecular weight is 372 g/mol. The van der Waals surface area contributed by atoms with Gasteiger partial charge in [0.1, 0.15) is 0 Å². The average Bonchev–Trinajstić information content (AvgIpc) is 3.11. The van der Waals surface area contributed by atoms with Crippen LogP contribution < -0.4 is 0 Å². The Hall–Kier alpha value is -3.18. The first-order valence-corrected chi connectivity index (χ1v) is 9.51. The van der Waals surface area contributed by atoms with E-state index in [0.717, 1.165) is 11.0 Å². The fraction of sp³-hybridized carbons (Fsp3) is 0.0455.